The minimum atomic E-state index is 0.158. The molecule has 4 nitrogen and oxygen atoms in total. The van der Waals surface area contributed by atoms with E-state index in [1.54, 1.807) is 4.68 Å². The maximum Gasteiger partial charge on any atom is 0.130 e. The quantitative estimate of drug-likeness (QED) is 0.890. The summed E-state index contributed by atoms with van der Waals surface area (Å²) in [5, 5.41) is 8.67. The third-order valence-corrected chi connectivity index (χ3v) is 4.09. The van der Waals surface area contributed by atoms with E-state index in [0.29, 0.717) is 5.15 Å². The van der Waals surface area contributed by atoms with Crippen LogP contribution in [0.5, 0.6) is 0 Å². The molecular weight excluding hydrogens is 284 g/mol. The Kier molecular flexibility index (Phi) is 5.37. The lowest BCUT2D eigenvalue weighted by Gasteiger charge is -2.18. The monoisotopic (exact) mass is 306 g/mol. The van der Waals surface area contributed by atoms with Crippen molar-refractivity contribution < 1.29 is 0 Å². The van der Waals surface area contributed by atoms with E-state index in [1.165, 1.54) is 5.56 Å². The maximum atomic E-state index is 6.36. The third kappa shape index (κ3) is 3.83. The van der Waals surface area contributed by atoms with Crippen LogP contribution in [0, 0.1) is 13.8 Å². The minimum absolute atomic E-state index is 0.158. The van der Waals surface area contributed by atoms with E-state index in [0.717, 1.165) is 36.3 Å². The molecule has 5 heteroatoms. The number of hydrogen-bond acceptors (Lipinski definition) is 3. The van der Waals surface area contributed by atoms with Gasteiger partial charge in [-0.05, 0) is 50.9 Å². The molecule has 0 saturated heterocycles. The van der Waals surface area contributed by atoms with E-state index in [2.05, 4.69) is 35.3 Å². The second kappa shape index (κ2) is 7.05. The number of aromatic nitrogens is 3. The van der Waals surface area contributed by atoms with E-state index in [4.69, 9.17) is 11.6 Å². The highest BCUT2D eigenvalue weighted by atomic mass is 35.5. The molecule has 0 bridgehead atoms. The summed E-state index contributed by atoms with van der Waals surface area (Å²) in [4.78, 5) is 4.52. The number of rotatable bonds is 6. The minimum Gasteiger partial charge on any atom is -0.308 e. The van der Waals surface area contributed by atoms with Gasteiger partial charge in [0.05, 0.1) is 17.4 Å². The van der Waals surface area contributed by atoms with Crippen molar-refractivity contribution in [3.8, 4) is 0 Å². The van der Waals surface area contributed by atoms with Gasteiger partial charge in [-0.15, -0.1) is 0 Å². The zero-order valence-corrected chi connectivity index (χ0v) is 13.9. The van der Waals surface area contributed by atoms with Gasteiger partial charge in [0, 0.05) is 18.8 Å². The average Bonchev–Trinajstić information content (AvgIpc) is 2.69. The molecule has 0 radical (unpaired) electrons. The van der Waals surface area contributed by atoms with Gasteiger partial charge in [0.2, 0.25) is 0 Å². The molecule has 1 unspecified atom stereocenters. The average molecular weight is 307 g/mol. The number of halogens is 1. The first kappa shape index (κ1) is 16.0. The summed E-state index contributed by atoms with van der Waals surface area (Å²) < 4.78 is 1.73. The first-order valence-corrected chi connectivity index (χ1v) is 7.74. The van der Waals surface area contributed by atoms with Crippen LogP contribution in [-0.4, -0.2) is 21.3 Å². The van der Waals surface area contributed by atoms with Crippen molar-refractivity contribution in [2.75, 3.05) is 6.54 Å². The van der Waals surface area contributed by atoms with Gasteiger partial charge in [-0.2, -0.15) is 5.10 Å². The van der Waals surface area contributed by atoms with Crippen molar-refractivity contribution in [1.82, 2.24) is 20.1 Å². The standard InChI is InChI=1S/C16H23ClN4/c1-5-7-18-15(14-9-11(2)6-8-19-14)10-13-12(3)20-21(4)16(13)17/h6,8-9,15,18H,5,7,10H2,1-4H3. The molecule has 0 fully saturated rings. The Labute approximate surface area is 131 Å². The highest BCUT2D eigenvalue weighted by Crippen LogP contribution is 2.25. The lowest BCUT2D eigenvalue weighted by molar-refractivity contribution is 0.516. The second-order valence-electron chi connectivity index (χ2n) is 5.45. The van der Waals surface area contributed by atoms with Crippen LogP contribution < -0.4 is 5.32 Å². The summed E-state index contributed by atoms with van der Waals surface area (Å²) in [6.07, 6.45) is 3.75. The lowest BCUT2D eigenvalue weighted by atomic mass is 10.0. The molecule has 21 heavy (non-hydrogen) atoms. The van der Waals surface area contributed by atoms with E-state index in [-0.39, 0.29) is 6.04 Å². The Morgan fingerprint density at radius 3 is 2.71 bits per heavy atom. The molecule has 0 saturated carbocycles. The number of hydrogen-bond donors (Lipinski definition) is 1. The van der Waals surface area contributed by atoms with Crippen molar-refractivity contribution >= 4 is 11.6 Å². The summed E-state index contributed by atoms with van der Waals surface area (Å²) >= 11 is 6.36. The molecule has 1 atom stereocenters. The third-order valence-electron chi connectivity index (χ3n) is 3.61. The van der Waals surface area contributed by atoms with Crippen LogP contribution in [0.4, 0.5) is 0 Å². The van der Waals surface area contributed by atoms with Gasteiger partial charge < -0.3 is 5.32 Å². The van der Waals surface area contributed by atoms with Gasteiger partial charge in [-0.3, -0.25) is 9.67 Å². The second-order valence-corrected chi connectivity index (χ2v) is 5.81. The molecule has 0 aliphatic rings. The van der Waals surface area contributed by atoms with Crippen molar-refractivity contribution in [3.05, 3.63) is 46.0 Å². The molecule has 0 amide bonds. The van der Waals surface area contributed by atoms with Crippen molar-refractivity contribution in [2.24, 2.45) is 7.05 Å². The zero-order valence-electron chi connectivity index (χ0n) is 13.2. The molecule has 0 aromatic carbocycles. The Hall–Kier alpha value is -1.39. The molecular formula is C16H23ClN4. The molecule has 0 spiro atoms. The van der Waals surface area contributed by atoms with E-state index in [9.17, 15) is 0 Å². The van der Waals surface area contributed by atoms with Gasteiger partial charge in [-0.25, -0.2) is 0 Å². The zero-order chi connectivity index (χ0) is 15.4. The summed E-state index contributed by atoms with van der Waals surface area (Å²) in [5.74, 6) is 0. The molecule has 0 aliphatic carbocycles. The van der Waals surface area contributed by atoms with Crippen LogP contribution in [0.1, 0.15) is 41.9 Å². The molecule has 2 heterocycles. The predicted molar refractivity (Wildman–Crippen MR) is 86.7 cm³/mol. The summed E-state index contributed by atoms with van der Waals surface area (Å²) in [6, 6.07) is 4.31. The van der Waals surface area contributed by atoms with E-state index in [1.807, 2.05) is 26.2 Å². The maximum absolute atomic E-state index is 6.36. The Balaban J connectivity index is 2.28. The normalized spacial score (nSPS) is 12.6. The smallest absolute Gasteiger partial charge is 0.130 e. The van der Waals surface area contributed by atoms with Crippen LogP contribution in [0.2, 0.25) is 5.15 Å². The number of nitrogens with one attached hydrogen (secondary N) is 1. The molecule has 2 aromatic rings. The van der Waals surface area contributed by atoms with Crippen molar-refractivity contribution in [3.63, 3.8) is 0 Å². The van der Waals surface area contributed by atoms with Gasteiger partial charge >= 0.3 is 0 Å². The fourth-order valence-corrected chi connectivity index (χ4v) is 2.71. The SMILES string of the molecule is CCCNC(Cc1c(C)nn(C)c1Cl)c1cc(C)ccn1. The van der Waals surface area contributed by atoms with Gasteiger partial charge in [0.25, 0.3) is 0 Å². The van der Waals surface area contributed by atoms with Gasteiger partial charge in [-0.1, -0.05) is 18.5 Å². The molecule has 1 N–H and O–H groups in total. The fraction of sp³-hybridized carbons (Fsp3) is 0.500. The van der Waals surface area contributed by atoms with E-state index >= 15 is 0 Å². The Bertz CT molecular complexity index is 606. The van der Waals surface area contributed by atoms with E-state index < -0.39 is 0 Å². The fourth-order valence-electron chi connectivity index (χ4n) is 2.46. The van der Waals surface area contributed by atoms with Gasteiger partial charge in [0.1, 0.15) is 5.15 Å². The number of aryl methyl sites for hydroxylation is 3. The molecule has 114 valence electrons. The molecule has 2 rings (SSSR count). The van der Waals surface area contributed by atoms with Crippen LogP contribution in [0.25, 0.3) is 0 Å². The number of pyridine rings is 1. The largest absolute Gasteiger partial charge is 0.308 e. The highest BCUT2D eigenvalue weighted by molar-refractivity contribution is 6.30. The van der Waals surface area contributed by atoms with Crippen molar-refractivity contribution in [2.45, 2.75) is 39.7 Å². The Morgan fingerprint density at radius 2 is 2.14 bits per heavy atom. The van der Waals surface area contributed by atoms with Crippen molar-refractivity contribution in [1.29, 1.82) is 0 Å². The summed E-state index contributed by atoms with van der Waals surface area (Å²) in [6.45, 7) is 7.21. The predicted octanol–water partition coefficient (Wildman–Crippen LogP) is 3.37. The lowest BCUT2D eigenvalue weighted by Crippen LogP contribution is -2.25. The topological polar surface area (TPSA) is 42.7 Å². The Morgan fingerprint density at radius 1 is 1.38 bits per heavy atom. The first-order valence-electron chi connectivity index (χ1n) is 7.36. The summed E-state index contributed by atoms with van der Waals surface area (Å²) in [5.41, 5.74) is 4.36. The van der Waals surface area contributed by atoms with Gasteiger partial charge in [0.15, 0.2) is 0 Å². The first-order chi connectivity index (χ1) is 10.0. The number of nitrogens with zero attached hydrogens (tertiary/aromatic N) is 3. The molecule has 0 aliphatic heterocycles. The van der Waals surface area contributed by atoms with Crippen LogP contribution in [0.3, 0.4) is 0 Å². The highest BCUT2D eigenvalue weighted by Gasteiger charge is 2.19. The summed E-state index contributed by atoms with van der Waals surface area (Å²) in [7, 11) is 1.87. The van der Waals surface area contributed by atoms with Crippen LogP contribution >= 0.6 is 11.6 Å². The van der Waals surface area contributed by atoms with Crippen LogP contribution in [0.15, 0.2) is 18.3 Å². The molecule has 2 aromatic heterocycles. The van der Waals surface area contributed by atoms with Crippen LogP contribution in [-0.2, 0) is 13.5 Å².